The summed E-state index contributed by atoms with van der Waals surface area (Å²) in [4.78, 5) is 7.54. The number of piperazine rings is 1. The highest BCUT2D eigenvalue weighted by atomic mass is 35.5. The second kappa shape index (κ2) is 9.63. The van der Waals surface area contributed by atoms with Gasteiger partial charge in [0.2, 0.25) is 0 Å². The molecule has 29 heavy (non-hydrogen) atoms. The summed E-state index contributed by atoms with van der Waals surface area (Å²) < 4.78 is 6.11. The van der Waals surface area contributed by atoms with E-state index in [2.05, 4.69) is 27.8 Å². The van der Waals surface area contributed by atoms with E-state index < -0.39 is 0 Å². The van der Waals surface area contributed by atoms with E-state index in [0.29, 0.717) is 17.1 Å². The lowest BCUT2D eigenvalue weighted by Gasteiger charge is -2.47. The molecule has 0 radical (unpaired) electrons. The summed E-state index contributed by atoms with van der Waals surface area (Å²) in [5.41, 5.74) is 0.936. The van der Waals surface area contributed by atoms with Crippen LogP contribution in [0.2, 0.25) is 5.02 Å². The molecule has 2 saturated heterocycles. The van der Waals surface area contributed by atoms with Crippen LogP contribution in [0.15, 0.2) is 40.8 Å². The van der Waals surface area contributed by atoms with E-state index in [4.69, 9.17) is 16.0 Å². The second-order valence-corrected chi connectivity index (χ2v) is 8.83. The van der Waals surface area contributed by atoms with Crippen molar-refractivity contribution in [1.29, 1.82) is 0 Å². The van der Waals surface area contributed by atoms with Gasteiger partial charge in [0.25, 0.3) is 0 Å². The van der Waals surface area contributed by atoms with Crippen LogP contribution >= 0.6 is 11.6 Å². The number of halogens is 1. The van der Waals surface area contributed by atoms with E-state index in [0.717, 1.165) is 49.7 Å². The predicted octanol–water partition coefficient (Wildman–Crippen LogP) is 3.56. The minimum atomic E-state index is 0.249. The van der Waals surface area contributed by atoms with Crippen molar-refractivity contribution >= 4 is 11.6 Å². The highest BCUT2D eigenvalue weighted by Crippen LogP contribution is 2.30. The Hall–Kier alpha value is -1.37. The van der Waals surface area contributed by atoms with Crippen LogP contribution in [0.1, 0.15) is 25.0 Å². The summed E-state index contributed by atoms with van der Waals surface area (Å²) in [6.07, 6.45) is 3.31. The first-order valence-corrected chi connectivity index (χ1v) is 11.1. The molecule has 4 rings (SSSR count). The Morgan fingerprint density at radius 2 is 1.86 bits per heavy atom. The van der Waals surface area contributed by atoms with E-state index in [1.807, 2.05) is 30.3 Å². The minimum absolute atomic E-state index is 0.249. The number of furan rings is 1. The first-order chi connectivity index (χ1) is 14.1. The molecule has 0 spiro atoms. The summed E-state index contributed by atoms with van der Waals surface area (Å²) in [5, 5.41) is 10.3. The largest absolute Gasteiger partial charge is 0.460 e. The van der Waals surface area contributed by atoms with Crippen LogP contribution in [0.5, 0.6) is 0 Å². The second-order valence-electron chi connectivity index (χ2n) is 8.42. The van der Waals surface area contributed by atoms with Gasteiger partial charge in [0.15, 0.2) is 0 Å². The van der Waals surface area contributed by atoms with Crippen LogP contribution in [0.4, 0.5) is 0 Å². The molecule has 2 aromatic rings. The van der Waals surface area contributed by atoms with Crippen molar-refractivity contribution in [2.45, 2.75) is 37.9 Å². The number of piperidine rings is 1. The number of benzene rings is 1. The van der Waals surface area contributed by atoms with Crippen LogP contribution in [0, 0.1) is 0 Å². The molecule has 3 heterocycles. The van der Waals surface area contributed by atoms with Gasteiger partial charge in [-0.2, -0.15) is 0 Å². The lowest BCUT2D eigenvalue weighted by molar-refractivity contribution is 0.00426. The van der Waals surface area contributed by atoms with Gasteiger partial charge in [0.1, 0.15) is 11.5 Å². The third-order valence-corrected chi connectivity index (χ3v) is 6.74. The summed E-state index contributed by atoms with van der Waals surface area (Å²) in [6.45, 7) is 6.48. The maximum Gasteiger partial charge on any atom is 0.135 e. The summed E-state index contributed by atoms with van der Waals surface area (Å²) in [6, 6.07) is 12.9. The van der Waals surface area contributed by atoms with Gasteiger partial charge >= 0.3 is 0 Å². The quantitative estimate of drug-likeness (QED) is 0.778. The van der Waals surface area contributed by atoms with Gasteiger partial charge in [-0.15, -0.1) is 0 Å². The predicted molar refractivity (Wildman–Crippen MR) is 117 cm³/mol. The maximum atomic E-state index is 9.62. The number of aliphatic hydroxyl groups is 1. The van der Waals surface area contributed by atoms with Crippen molar-refractivity contribution in [3.8, 4) is 11.3 Å². The van der Waals surface area contributed by atoms with E-state index in [1.165, 1.54) is 25.9 Å². The smallest absolute Gasteiger partial charge is 0.135 e. The average molecular weight is 418 g/mol. The number of hydrogen-bond donors (Lipinski definition) is 1. The van der Waals surface area contributed by atoms with Gasteiger partial charge in [-0.25, -0.2) is 0 Å². The normalized spacial score (nSPS) is 22.9. The van der Waals surface area contributed by atoms with E-state index in [1.54, 1.807) is 0 Å². The van der Waals surface area contributed by atoms with Crippen molar-refractivity contribution in [2.75, 3.05) is 46.4 Å². The van der Waals surface area contributed by atoms with E-state index >= 15 is 0 Å². The third kappa shape index (κ3) is 5.04. The fourth-order valence-corrected chi connectivity index (χ4v) is 5.01. The van der Waals surface area contributed by atoms with Crippen LogP contribution < -0.4 is 0 Å². The molecule has 0 bridgehead atoms. The maximum absolute atomic E-state index is 9.62. The summed E-state index contributed by atoms with van der Waals surface area (Å²) in [7, 11) is 2.21. The fraction of sp³-hybridized carbons (Fsp3) is 0.565. The SMILES string of the molecule is CN1CCC(N2CCN(Cc3ccc(-c4ccccc4Cl)o3)C[C@@H]2CCO)CC1. The van der Waals surface area contributed by atoms with Gasteiger partial charge < -0.3 is 14.4 Å². The van der Waals surface area contributed by atoms with Crippen LogP contribution in [-0.4, -0.2) is 78.3 Å². The van der Waals surface area contributed by atoms with Crippen molar-refractivity contribution in [3.05, 3.63) is 47.2 Å². The van der Waals surface area contributed by atoms with Crippen molar-refractivity contribution in [2.24, 2.45) is 0 Å². The van der Waals surface area contributed by atoms with Gasteiger partial charge in [-0.3, -0.25) is 9.80 Å². The molecule has 6 heteroatoms. The Bertz CT molecular complexity index is 788. The van der Waals surface area contributed by atoms with Crippen molar-refractivity contribution in [1.82, 2.24) is 14.7 Å². The van der Waals surface area contributed by atoms with E-state index in [-0.39, 0.29) is 6.61 Å². The number of likely N-dealkylation sites (tertiary alicyclic amines) is 1. The molecule has 2 fully saturated rings. The molecule has 1 aromatic carbocycles. The topological polar surface area (TPSA) is 43.1 Å². The van der Waals surface area contributed by atoms with Crippen LogP contribution in [0.3, 0.4) is 0 Å². The standard InChI is InChI=1S/C23H32ClN3O2/c1-25-11-8-18(9-12-25)27-14-13-26(16-19(27)10-15-28)17-20-6-7-23(29-20)21-4-2-3-5-22(21)24/h2-7,18-19,28H,8-17H2,1H3/t19-/m0/s1. The number of aliphatic hydroxyl groups excluding tert-OH is 1. The molecular weight excluding hydrogens is 386 g/mol. The Balaban J connectivity index is 1.39. The van der Waals surface area contributed by atoms with Gasteiger partial charge in [-0.1, -0.05) is 23.7 Å². The van der Waals surface area contributed by atoms with Crippen molar-refractivity contribution < 1.29 is 9.52 Å². The molecule has 2 aliphatic heterocycles. The molecular formula is C23H32ClN3O2. The Labute approximate surface area is 178 Å². The van der Waals surface area contributed by atoms with Crippen LogP contribution in [0.25, 0.3) is 11.3 Å². The zero-order valence-electron chi connectivity index (χ0n) is 17.3. The number of hydrogen-bond acceptors (Lipinski definition) is 5. The molecule has 5 nitrogen and oxygen atoms in total. The van der Waals surface area contributed by atoms with Crippen LogP contribution in [-0.2, 0) is 6.54 Å². The molecule has 1 N–H and O–H groups in total. The minimum Gasteiger partial charge on any atom is -0.460 e. The monoisotopic (exact) mass is 417 g/mol. The summed E-state index contributed by atoms with van der Waals surface area (Å²) in [5.74, 6) is 1.79. The first-order valence-electron chi connectivity index (χ1n) is 10.7. The third-order valence-electron chi connectivity index (χ3n) is 6.41. The molecule has 0 amide bonds. The molecule has 1 aromatic heterocycles. The lowest BCUT2D eigenvalue weighted by atomic mass is 9.98. The van der Waals surface area contributed by atoms with Gasteiger partial charge in [-0.05, 0) is 63.7 Å². The Morgan fingerprint density at radius 1 is 1.07 bits per heavy atom. The molecule has 158 valence electrons. The highest BCUT2D eigenvalue weighted by Gasteiger charge is 2.33. The zero-order chi connectivity index (χ0) is 20.2. The molecule has 0 unspecified atom stereocenters. The number of rotatable bonds is 6. The zero-order valence-corrected chi connectivity index (χ0v) is 18.0. The highest BCUT2D eigenvalue weighted by molar-refractivity contribution is 6.33. The van der Waals surface area contributed by atoms with Gasteiger partial charge in [0, 0.05) is 43.9 Å². The average Bonchev–Trinajstić information content (AvgIpc) is 3.18. The fourth-order valence-electron chi connectivity index (χ4n) is 4.78. The van der Waals surface area contributed by atoms with E-state index in [9.17, 15) is 5.11 Å². The molecule has 2 aliphatic rings. The Morgan fingerprint density at radius 3 is 2.62 bits per heavy atom. The molecule has 0 aliphatic carbocycles. The molecule has 1 atom stereocenters. The number of nitrogens with zero attached hydrogens (tertiary/aromatic N) is 3. The molecule has 0 saturated carbocycles. The summed E-state index contributed by atoms with van der Waals surface area (Å²) >= 11 is 6.31. The van der Waals surface area contributed by atoms with Gasteiger partial charge in [0.05, 0.1) is 11.6 Å². The first kappa shape index (κ1) is 20.9. The lowest BCUT2D eigenvalue weighted by Crippen LogP contribution is -2.58. The Kier molecular flexibility index (Phi) is 6.93. The van der Waals surface area contributed by atoms with Crippen molar-refractivity contribution in [3.63, 3.8) is 0 Å².